The number of esters is 1. The number of anilines is 1. The van der Waals surface area contributed by atoms with Gasteiger partial charge in [0.25, 0.3) is 0 Å². The molecule has 0 radical (unpaired) electrons. The van der Waals surface area contributed by atoms with Crippen molar-refractivity contribution in [2.24, 2.45) is 0 Å². The number of hydrogen-bond acceptors (Lipinski definition) is 4. The first kappa shape index (κ1) is 17.8. The number of carbonyl (C=O) groups excluding carboxylic acids is 2. The Morgan fingerprint density at radius 1 is 1.08 bits per heavy atom. The lowest BCUT2D eigenvalue weighted by Gasteiger charge is -2.14. The van der Waals surface area contributed by atoms with Crippen LogP contribution in [-0.2, 0) is 16.1 Å². The Balaban J connectivity index is 1.93. The smallest absolute Gasteiger partial charge is 0.354 e. The van der Waals surface area contributed by atoms with E-state index >= 15 is 0 Å². The molecule has 0 saturated carbocycles. The fourth-order valence-electron chi connectivity index (χ4n) is 3.31. The number of furan rings is 1. The maximum atomic E-state index is 12.7. The molecular formula is C20H22N2O4. The fourth-order valence-corrected chi connectivity index (χ4v) is 3.31. The van der Waals surface area contributed by atoms with E-state index in [0.29, 0.717) is 16.9 Å². The molecule has 3 aromatic rings. The third kappa shape index (κ3) is 3.22. The van der Waals surface area contributed by atoms with Gasteiger partial charge >= 0.3 is 5.97 Å². The molecule has 1 amide bonds. The average Bonchev–Trinajstić information content (AvgIpc) is 3.07. The number of rotatable bonds is 4. The van der Waals surface area contributed by atoms with Gasteiger partial charge in [0.15, 0.2) is 5.58 Å². The Kier molecular flexibility index (Phi) is 4.59. The summed E-state index contributed by atoms with van der Waals surface area (Å²) in [6.45, 7) is 7.75. The van der Waals surface area contributed by atoms with Gasteiger partial charge in [-0.05, 0) is 38.8 Å². The molecule has 0 saturated heterocycles. The number of hydrogen-bond donors (Lipinski definition) is 1. The largest absolute Gasteiger partial charge is 0.464 e. The van der Waals surface area contributed by atoms with Crippen LogP contribution in [0.15, 0.2) is 28.7 Å². The minimum Gasteiger partial charge on any atom is -0.464 e. The maximum absolute atomic E-state index is 12.7. The zero-order valence-electron chi connectivity index (χ0n) is 15.6. The summed E-state index contributed by atoms with van der Waals surface area (Å²) in [5.41, 5.74) is 5.48. The van der Waals surface area contributed by atoms with Gasteiger partial charge in [-0.15, -0.1) is 0 Å². The second-order valence-electron chi connectivity index (χ2n) is 6.54. The van der Waals surface area contributed by atoms with Gasteiger partial charge in [-0.2, -0.15) is 0 Å². The summed E-state index contributed by atoms with van der Waals surface area (Å²) in [6.07, 6.45) is 0. The van der Waals surface area contributed by atoms with Crippen molar-refractivity contribution in [2.45, 2.75) is 34.2 Å². The highest BCUT2D eigenvalue weighted by molar-refractivity contribution is 5.97. The fraction of sp³-hybridized carbons (Fsp3) is 0.300. The summed E-state index contributed by atoms with van der Waals surface area (Å²) in [4.78, 5) is 24.7. The number of carbonyl (C=O) groups is 2. The Morgan fingerprint density at radius 3 is 2.35 bits per heavy atom. The Morgan fingerprint density at radius 2 is 1.73 bits per heavy atom. The lowest BCUT2D eigenvalue weighted by Crippen LogP contribution is -2.22. The van der Waals surface area contributed by atoms with Crippen LogP contribution in [0.1, 0.15) is 32.9 Å². The molecule has 0 spiro atoms. The van der Waals surface area contributed by atoms with Crippen LogP contribution in [0.3, 0.4) is 0 Å². The molecule has 0 bridgehead atoms. The number of nitrogens with one attached hydrogen (secondary N) is 1. The first-order valence-electron chi connectivity index (χ1n) is 8.36. The van der Waals surface area contributed by atoms with E-state index in [2.05, 4.69) is 5.32 Å². The molecule has 1 aromatic carbocycles. The van der Waals surface area contributed by atoms with Gasteiger partial charge < -0.3 is 19.0 Å². The van der Waals surface area contributed by atoms with Crippen LogP contribution in [0.25, 0.3) is 11.1 Å². The van der Waals surface area contributed by atoms with Crippen LogP contribution in [0.4, 0.5) is 5.69 Å². The minimum atomic E-state index is -0.510. The number of aryl methyl sites for hydroxylation is 4. The van der Waals surface area contributed by atoms with Crippen LogP contribution in [-0.4, -0.2) is 23.6 Å². The lowest BCUT2D eigenvalue weighted by molar-refractivity contribution is -0.116. The summed E-state index contributed by atoms with van der Waals surface area (Å²) in [7, 11) is 1.31. The Bertz CT molecular complexity index is 987. The van der Waals surface area contributed by atoms with Gasteiger partial charge in [-0.3, -0.25) is 4.79 Å². The van der Waals surface area contributed by atoms with Crippen molar-refractivity contribution < 1.29 is 18.7 Å². The summed E-state index contributed by atoms with van der Waals surface area (Å²) in [5, 5.41) is 2.96. The van der Waals surface area contributed by atoms with E-state index in [0.717, 1.165) is 22.4 Å². The topological polar surface area (TPSA) is 73.5 Å². The third-order valence-electron chi connectivity index (χ3n) is 4.35. The summed E-state index contributed by atoms with van der Waals surface area (Å²) in [5.74, 6) is -0.0168. The van der Waals surface area contributed by atoms with E-state index in [-0.39, 0.29) is 18.1 Å². The van der Waals surface area contributed by atoms with Gasteiger partial charge in [0.1, 0.15) is 18.0 Å². The molecule has 3 rings (SSSR count). The molecule has 0 unspecified atom stereocenters. The van der Waals surface area contributed by atoms with Crippen molar-refractivity contribution in [3.8, 4) is 0 Å². The van der Waals surface area contributed by atoms with Gasteiger partial charge in [0, 0.05) is 17.8 Å². The molecule has 26 heavy (non-hydrogen) atoms. The minimum absolute atomic E-state index is 0.0142. The summed E-state index contributed by atoms with van der Waals surface area (Å²) < 4.78 is 12.0. The highest BCUT2D eigenvalue weighted by Gasteiger charge is 2.21. The van der Waals surface area contributed by atoms with E-state index < -0.39 is 5.97 Å². The number of ether oxygens (including phenoxy) is 1. The first-order valence-corrected chi connectivity index (χ1v) is 8.36. The standard InChI is InChI=1S/C20H22N2O4/c1-11-6-12(2)19(13(3)7-11)21-18(23)10-22-15-8-14(4)26-17(15)9-16(22)20(24)25-5/h6-9H,10H2,1-5H3,(H,21,23). The predicted octanol–water partition coefficient (Wildman–Crippen LogP) is 3.89. The van der Waals surface area contributed by atoms with Crippen molar-refractivity contribution in [3.63, 3.8) is 0 Å². The Labute approximate surface area is 151 Å². The van der Waals surface area contributed by atoms with Gasteiger partial charge in [0.2, 0.25) is 5.91 Å². The number of nitrogens with zero attached hydrogens (tertiary/aromatic N) is 1. The molecule has 0 aliphatic rings. The SMILES string of the molecule is COC(=O)c1cc2oc(C)cc2n1CC(=O)Nc1c(C)cc(C)cc1C. The van der Waals surface area contributed by atoms with Crippen molar-refractivity contribution in [3.05, 3.63) is 52.4 Å². The number of fused-ring (bicyclic) bond motifs is 1. The van der Waals surface area contributed by atoms with Crippen molar-refractivity contribution in [2.75, 3.05) is 12.4 Å². The van der Waals surface area contributed by atoms with E-state index in [4.69, 9.17) is 9.15 Å². The van der Waals surface area contributed by atoms with Crippen molar-refractivity contribution in [1.29, 1.82) is 0 Å². The molecule has 136 valence electrons. The summed E-state index contributed by atoms with van der Waals surface area (Å²) in [6, 6.07) is 7.45. The van der Waals surface area contributed by atoms with Gasteiger partial charge in [-0.25, -0.2) is 4.79 Å². The predicted molar refractivity (Wildman–Crippen MR) is 99.6 cm³/mol. The van der Waals surface area contributed by atoms with Crippen LogP contribution < -0.4 is 5.32 Å². The number of amides is 1. The van der Waals surface area contributed by atoms with E-state index in [1.54, 1.807) is 16.7 Å². The Hall–Kier alpha value is -3.02. The van der Waals surface area contributed by atoms with Crippen molar-refractivity contribution >= 4 is 28.7 Å². The first-order chi connectivity index (χ1) is 12.3. The normalized spacial score (nSPS) is 11.0. The highest BCUT2D eigenvalue weighted by Crippen LogP contribution is 2.25. The quantitative estimate of drug-likeness (QED) is 0.721. The van der Waals surface area contributed by atoms with Crippen LogP contribution in [0, 0.1) is 27.7 Å². The van der Waals surface area contributed by atoms with Crippen LogP contribution >= 0.6 is 0 Å². The second-order valence-corrected chi connectivity index (χ2v) is 6.54. The molecule has 6 heteroatoms. The molecule has 0 atom stereocenters. The van der Waals surface area contributed by atoms with E-state index in [1.165, 1.54) is 7.11 Å². The molecule has 0 fully saturated rings. The van der Waals surface area contributed by atoms with E-state index in [1.807, 2.05) is 39.8 Å². The molecule has 0 aliphatic carbocycles. The molecular weight excluding hydrogens is 332 g/mol. The van der Waals surface area contributed by atoms with Gasteiger partial charge in [0.05, 0.1) is 12.6 Å². The van der Waals surface area contributed by atoms with Crippen LogP contribution in [0.5, 0.6) is 0 Å². The highest BCUT2D eigenvalue weighted by atomic mass is 16.5. The number of benzene rings is 1. The van der Waals surface area contributed by atoms with E-state index in [9.17, 15) is 9.59 Å². The molecule has 1 N–H and O–H groups in total. The average molecular weight is 354 g/mol. The molecule has 2 heterocycles. The lowest BCUT2D eigenvalue weighted by atomic mass is 10.1. The third-order valence-corrected chi connectivity index (χ3v) is 4.35. The summed E-state index contributed by atoms with van der Waals surface area (Å²) >= 11 is 0. The molecule has 2 aromatic heterocycles. The number of aromatic nitrogens is 1. The second kappa shape index (κ2) is 6.71. The van der Waals surface area contributed by atoms with Crippen LogP contribution in [0.2, 0.25) is 0 Å². The number of methoxy groups -OCH3 is 1. The zero-order valence-corrected chi connectivity index (χ0v) is 15.6. The monoisotopic (exact) mass is 354 g/mol. The molecule has 6 nitrogen and oxygen atoms in total. The maximum Gasteiger partial charge on any atom is 0.354 e. The zero-order chi connectivity index (χ0) is 19.0. The molecule has 0 aliphatic heterocycles. The van der Waals surface area contributed by atoms with Gasteiger partial charge in [-0.1, -0.05) is 17.7 Å². The van der Waals surface area contributed by atoms with Crippen molar-refractivity contribution in [1.82, 2.24) is 4.57 Å².